The minimum absolute atomic E-state index is 0.0582. The van der Waals surface area contributed by atoms with Crippen molar-refractivity contribution in [3.63, 3.8) is 0 Å². The molecule has 1 aromatic carbocycles. The van der Waals surface area contributed by atoms with Gasteiger partial charge in [0.15, 0.2) is 0 Å². The Morgan fingerprint density at radius 1 is 1.48 bits per heavy atom. The zero-order chi connectivity index (χ0) is 16.2. The van der Waals surface area contributed by atoms with Crippen LogP contribution >= 0.6 is 11.6 Å². The largest absolute Gasteiger partial charge is 0.495 e. The Morgan fingerprint density at radius 3 is 2.52 bits per heavy atom. The summed E-state index contributed by atoms with van der Waals surface area (Å²) in [5.41, 5.74) is 0.325. The van der Waals surface area contributed by atoms with E-state index in [1.165, 1.54) is 29.6 Å². The minimum atomic E-state index is -3.82. The number of sulfonamides is 1. The first-order chi connectivity index (χ1) is 9.79. The van der Waals surface area contributed by atoms with Crippen molar-refractivity contribution >= 4 is 21.6 Å². The van der Waals surface area contributed by atoms with E-state index in [1.807, 2.05) is 0 Å². The van der Waals surface area contributed by atoms with E-state index in [0.29, 0.717) is 5.56 Å². The lowest BCUT2D eigenvalue weighted by molar-refractivity contribution is 0.272. The number of ether oxygens (including phenoxy) is 1. The highest BCUT2D eigenvalue weighted by Gasteiger charge is 2.30. The average molecular weight is 334 g/mol. The Kier molecular flexibility index (Phi) is 6.22. The van der Waals surface area contributed by atoms with Crippen molar-refractivity contribution < 1.29 is 18.3 Å². The third-order valence-corrected chi connectivity index (χ3v) is 5.21. The molecule has 0 unspecified atom stereocenters. The van der Waals surface area contributed by atoms with Crippen LogP contribution in [0.1, 0.15) is 19.4 Å². The second kappa shape index (κ2) is 7.26. The summed E-state index contributed by atoms with van der Waals surface area (Å²) in [5.74, 6) is 0.108. The zero-order valence-corrected chi connectivity index (χ0v) is 13.9. The number of hydrogen-bond donors (Lipinski definition) is 1. The Balaban J connectivity index is 3.56. The molecule has 1 aromatic rings. The second-order valence-electron chi connectivity index (χ2n) is 4.71. The van der Waals surface area contributed by atoms with Crippen LogP contribution in [0, 0.1) is 0 Å². The molecule has 0 atom stereocenters. The molecular weight excluding hydrogens is 314 g/mol. The number of halogens is 1. The summed E-state index contributed by atoms with van der Waals surface area (Å²) in [5, 5.41) is 9.57. The van der Waals surface area contributed by atoms with Gasteiger partial charge in [-0.05, 0) is 26.0 Å². The third-order valence-electron chi connectivity index (χ3n) is 2.94. The highest BCUT2D eigenvalue weighted by atomic mass is 35.5. The lowest BCUT2D eigenvalue weighted by Crippen LogP contribution is -2.37. The highest BCUT2D eigenvalue weighted by Crippen LogP contribution is 2.34. The van der Waals surface area contributed by atoms with Crippen molar-refractivity contribution in [2.24, 2.45) is 0 Å². The van der Waals surface area contributed by atoms with Crippen LogP contribution in [-0.4, -0.2) is 37.5 Å². The molecule has 7 heteroatoms. The second-order valence-corrected chi connectivity index (χ2v) is 7.01. The fourth-order valence-corrected chi connectivity index (χ4v) is 4.14. The summed E-state index contributed by atoms with van der Waals surface area (Å²) in [6.07, 6.45) is 1.52. The quantitative estimate of drug-likeness (QED) is 0.778. The van der Waals surface area contributed by atoms with E-state index in [9.17, 15) is 13.5 Å². The molecule has 0 fully saturated rings. The van der Waals surface area contributed by atoms with E-state index in [2.05, 4.69) is 6.58 Å². The average Bonchev–Trinajstić information content (AvgIpc) is 2.42. The molecule has 0 aliphatic rings. The molecule has 0 bridgehead atoms. The van der Waals surface area contributed by atoms with Crippen LogP contribution < -0.4 is 4.74 Å². The number of hydrogen-bond acceptors (Lipinski definition) is 4. The Hall–Kier alpha value is -1.08. The molecule has 1 N–H and O–H groups in total. The van der Waals surface area contributed by atoms with Gasteiger partial charge in [-0.3, -0.25) is 0 Å². The van der Waals surface area contributed by atoms with E-state index in [0.717, 1.165) is 0 Å². The molecule has 0 saturated heterocycles. The SMILES string of the molecule is C=CCN(C(C)C)S(=O)(=O)c1cc(Cl)cc(CO)c1OC. The van der Waals surface area contributed by atoms with Gasteiger partial charge in [0.1, 0.15) is 10.6 Å². The Bertz CT molecular complexity index is 614. The van der Waals surface area contributed by atoms with Crippen LogP contribution in [0.15, 0.2) is 29.7 Å². The molecule has 0 aliphatic heterocycles. The number of methoxy groups -OCH3 is 1. The molecule has 0 spiro atoms. The van der Waals surface area contributed by atoms with Gasteiger partial charge in [-0.15, -0.1) is 6.58 Å². The number of aliphatic hydroxyl groups is 1. The maximum atomic E-state index is 12.8. The Labute approximate surface area is 130 Å². The van der Waals surface area contributed by atoms with Crippen LogP contribution in [0.3, 0.4) is 0 Å². The first-order valence-corrected chi connectivity index (χ1v) is 8.21. The lowest BCUT2D eigenvalue weighted by atomic mass is 10.2. The number of benzene rings is 1. The van der Waals surface area contributed by atoms with Crippen LogP contribution in [-0.2, 0) is 16.6 Å². The molecule has 0 saturated carbocycles. The van der Waals surface area contributed by atoms with E-state index >= 15 is 0 Å². The highest BCUT2D eigenvalue weighted by molar-refractivity contribution is 7.89. The summed E-state index contributed by atoms with van der Waals surface area (Å²) in [4.78, 5) is -0.0582. The van der Waals surface area contributed by atoms with Gasteiger partial charge >= 0.3 is 0 Å². The maximum absolute atomic E-state index is 12.8. The first kappa shape index (κ1) is 18.0. The van der Waals surface area contributed by atoms with Gasteiger partial charge in [-0.25, -0.2) is 8.42 Å². The van der Waals surface area contributed by atoms with Gasteiger partial charge in [0, 0.05) is 23.2 Å². The van der Waals surface area contributed by atoms with Gasteiger partial charge in [0.05, 0.1) is 13.7 Å². The normalized spacial score (nSPS) is 12.0. The van der Waals surface area contributed by atoms with Crippen LogP contribution in [0.5, 0.6) is 5.75 Å². The summed E-state index contributed by atoms with van der Waals surface area (Å²) in [6, 6.07) is 2.55. The summed E-state index contributed by atoms with van der Waals surface area (Å²) in [6.45, 7) is 6.92. The van der Waals surface area contributed by atoms with E-state index in [-0.39, 0.29) is 34.9 Å². The third kappa shape index (κ3) is 3.77. The van der Waals surface area contributed by atoms with Crippen LogP contribution in [0.2, 0.25) is 5.02 Å². The fourth-order valence-electron chi connectivity index (χ4n) is 2.00. The molecule has 118 valence electrons. The first-order valence-electron chi connectivity index (χ1n) is 6.39. The van der Waals surface area contributed by atoms with Crippen molar-refractivity contribution in [3.8, 4) is 5.75 Å². The summed E-state index contributed by atoms with van der Waals surface area (Å²) in [7, 11) is -2.46. The smallest absolute Gasteiger partial charge is 0.247 e. The van der Waals surface area contributed by atoms with Crippen molar-refractivity contribution in [2.75, 3.05) is 13.7 Å². The van der Waals surface area contributed by atoms with Crippen LogP contribution in [0.25, 0.3) is 0 Å². The number of nitrogens with zero attached hydrogens (tertiary/aromatic N) is 1. The van der Waals surface area contributed by atoms with Crippen LogP contribution in [0.4, 0.5) is 0 Å². The summed E-state index contributed by atoms with van der Waals surface area (Å²) < 4.78 is 32.1. The molecule has 0 radical (unpaired) electrons. The number of aliphatic hydroxyl groups excluding tert-OH is 1. The van der Waals surface area contributed by atoms with Gasteiger partial charge in [0.25, 0.3) is 0 Å². The molecule has 21 heavy (non-hydrogen) atoms. The fraction of sp³-hybridized carbons (Fsp3) is 0.429. The molecular formula is C14H20ClNO4S. The zero-order valence-electron chi connectivity index (χ0n) is 12.3. The minimum Gasteiger partial charge on any atom is -0.495 e. The Morgan fingerprint density at radius 2 is 2.10 bits per heavy atom. The maximum Gasteiger partial charge on any atom is 0.247 e. The van der Waals surface area contributed by atoms with E-state index in [4.69, 9.17) is 16.3 Å². The number of rotatable bonds is 7. The molecule has 0 amide bonds. The summed E-state index contributed by atoms with van der Waals surface area (Å²) >= 11 is 5.96. The van der Waals surface area contributed by atoms with Crippen molar-refractivity contribution in [3.05, 3.63) is 35.4 Å². The molecule has 1 rings (SSSR count). The standard InChI is InChI=1S/C14H20ClNO4S/c1-5-6-16(10(2)3)21(18,19)13-8-12(15)7-11(9-17)14(13)20-4/h5,7-8,10,17H,1,6,9H2,2-4H3. The molecule has 0 aromatic heterocycles. The van der Waals surface area contributed by atoms with Gasteiger partial charge in [-0.1, -0.05) is 17.7 Å². The predicted molar refractivity (Wildman–Crippen MR) is 83.2 cm³/mol. The molecule has 5 nitrogen and oxygen atoms in total. The van der Waals surface area contributed by atoms with Gasteiger partial charge < -0.3 is 9.84 Å². The lowest BCUT2D eigenvalue weighted by Gasteiger charge is -2.26. The predicted octanol–water partition coefficient (Wildman–Crippen LogP) is 2.43. The van der Waals surface area contributed by atoms with Crippen molar-refractivity contribution in [2.45, 2.75) is 31.4 Å². The van der Waals surface area contributed by atoms with E-state index in [1.54, 1.807) is 13.8 Å². The van der Waals surface area contributed by atoms with Crippen molar-refractivity contribution in [1.82, 2.24) is 4.31 Å². The van der Waals surface area contributed by atoms with E-state index < -0.39 is 10.0 Å². The van der Waals surface area contributed by atoms with Gasteiger partial charge in [0.2, 0.25) is 10.0 Å². The molecule has 0 aliphatic carbocycles. The monoisotopic (exact) mass is 333 g/mol. The topological polar surface area (TPSA) is 66.8 Å². The molecule has 0 heterocycles. The van der Waals surface area contributed by atoms with Gasteiger partial charge in [-0.2, -0.15) is 4.31 Å². The van der Waals surface area contributed by atoms with Crippen molar-refractivity contribution in [1.29, 1.82) is 0 Å².